The van der Waals surface area contributed by atoms with Crippen molar-refractivity contribution in [1.29, 1.82) is 0 Å². The van der Waals surface area contributed by atoms with E-state index in [9.17, 15) is 10.2 Å². The first kappa shape index (κ1) is 27.1. The van der Waals surface area contributed by atoms with Gasteiger partial charge in [0, 0.05) is 23.9 Å². The van der Waals surface area contributed by atoms with Crippen molar-refractivity contribution < 1.29 is 36.4 Å². The standard InChI is InChI=1S/C21H27NO2.C2H6O.O.V/c1-20(2,3)15-11-14(19(24)16(12-15)21(4,5)6)13-22-17-9-7-8-10-18(17)23;1-2-3;;/h7-13,23-24H,1-6H3;3H,2H2,1H3;;. The molecule has 0 atom stereocenters. The fraction of sp³-hybridized carbons (Fsp3) is 0.435. The summed E-state index contributed by atoms with van der Waals surface area (Å²) in [6.45, 7) is 14.6. The van der Waals surface area contributed by atoms with Crippen LogP contribution in [-0.4, -0.2) is 28.1 Å². The Labute approximate surface area is 183 Å². The van der Waals surface area contributed by atoms with Crippen LogP contribution in [-0.2, 0) is 31.9 Å². The first-order valence-corrected chi connectivity index (χ1v) is 9.98. The van der Waals surface area contributed by atoms with Crippen LogP contribution in [0.25, 0.3) is 0 Å². The topological polar surface area (TPSA) is 90.1 Å². The number of aromatic hydroxyl groups is 2. The SMILES string of the molecule is CC(C)(C)c1cc(C=Nc2ccccc2O)c(O)c(C(C)(C)C)c1.CCO.[O]=[V]. The van der Waals surface area contributed by atoms with Crippen LogP contribution in [0, 0.1) is 0 Å². The van der Waals surface area contributed by atoms with Gasteiger partial charge in [0.25, 0.3) is 0 Å². The molecular formula is C23H33NO4V. The second-order valence-corrected chi connectivity index (χ2v) is 8.52. The average molecular weight is 438 g/mol. The van der Waals surface area contributed by atoms with Crippen molar-refractivity contribution in [3.63, 3.8) is 0 Å². The number of rotatable bonds is 2. The van der Waals surface area contributed by atoms with Crippen LogP contribution in [0.2, 0.25) is 0 Å². The first-order chi connectivity index (χ1) is 13.4. The number of hydrogen-bond acceptors (Lipinski definition) is 5. The van der Waals surface area contributed by atoms with Gasteiger partial charge in [0.15, 0.2) is 0 Å². The van der Waals surface area contributed by atoms with Gasteiger partial charge in [0.05, 0.1) is 0 Å². The molecule has 0 radical (unpaired) electrons. The number of aliphatic hydroxyl groups is 1. The number of benzene rings is 2. The third kappa shape index (κ3) is 8.52. The second kappa shape index (κ2) is 11.9. The Bertz CT molecular complexity index is 806. The molecule has 0 bridgehead atoms. The molecule has 2 aromatic carbocycles. The van der Waals surface area contributed by atoms with Gasteiger partial charge in [0.2, 0.25) is 0 Å². The summed E-state index contributed by atoms with van der Waals surface area (Å²) in [5.74, 6) is 0.367. The molecule has 0 aliphatic heterocycles. The third-order valence-electron chi connectivity index (χ3n) is 4.04. The van der Waals surface area contributed by atoms with Gasteiger partial charge < -0.3 is 15.3 Å². The van der Waals surface area contributed by atoms with Gasteiger partial charge in [-0.05, 0) is 41.5 Å². The van der Waals surface area contributed by atoms with Gasteiger partial charge in [-0.2, -0.15) is 0 Å². The Morgan fingerprint density at radius 2 is 1.48 bits per heavy atom. The molecule has 0 aliphatic rings. The van der Waals surface area contributed by atoms with Crippen molar-refractivity contribution in [2.24, 2.45) is 4.99 Å². The van der Waals surface area contributed by atoms with E-state index in [0.717, 1.165) is 28.5 Å². The van der Waals surface area contributed by atoms with E-state index in [4.69, 9.17) is 8.78 Å². The molecule has 0 saturated carbocycles. The Hall–Kier alpha value is -1.95. The minimum absolute atomic E-state index is 0.0365. The molecule has 0 fully saturated rings. The van der Waals surface area contributed by atoms with Gasteiger partial charge >= 0.3 is 21.0 Å². The van der Waals surface area contributed by atoms with Crippen LogP contribution in [0.1, 0.15) is 65.2 Å². The van der Waals surface area contributed by atoms with Crippen LogP contribution >= 0.6 is 0 Å². The second-order valence-electron chi connectivity index (χ2n) is 8.52. The molecule has 0 unspecified atom stereocenters. The summed E-state index contributed by atoms with van der Waals surface area (Å²) in [6.07, 6.45) is 1.62. The molecule has 0 saturated heterocycles. The van der Waals surface area contributed by atoms with Crippen molar-refractivity contribution in [2.75, 3.05) is 6.61 Å². The van der Waals surface area contributed by atoms with E-state index in [1.165, 1.54) is 0 Å². The zero-order chi connectivity index (χ0) is 22.8. The first-order valence-electron chi connectivity index (χ1n) is 9.41. The maximum atomic E-state index is 10.7. The molecule has 0 heterocycles. The van der Waals surface area contributed by atoms with Crippen molar-refractivity contribution in [3.05, 3.63) is 53.1 Å². The van der Waals surface area contributed by atoms with Gasteiger partial charge in [-0.25, -0.2) is 0 Å². The summed E-state index contributed by atoms with van der Waals surface area (Å²) in [5, 5.41) is 28.1. The summed E-state index contributed by atoms with van der Waals surface area (Å²) in [4.78, 5) is 4.35. The summed E-state index contributed by atoms with van der Waals surface area (Å²) >= 11 is 1.06. The predicted molar refractivity (Wildman–Crippen MR) is 114 cm³/mol. The predicted octanol–water partition coefficient (Wildman–Crippen LogP) is 5.32. The monoisotopic (exact) mass is 438 g/mol. The Balaban J connectivity index is 0.00000143. The molecule has 29 heavy (non-hydrogen) atoms. The molecule has 0 amide bonds. The normalized spacial score (nSPS) is 11.3. The van der Waals surface area contributed by atoms with E-state index in [1.807, 2.05) is 12.1 Å². The molecule has 5 nitrogen and oxygen atoms in total. The zero-order valence-electron chi connectivity index (χ0n) is 18.4. The summed E-state index contributed by atoms with van der Waals surface area (Å²) < 4.78 is 8.19. The fourth-order valence-corrected chi connectivity index (χ4v) is 2.47. The number of para-hydroxylation sites is 2. The minimum atomic E-state index is -0.178. The van der Waals surface area contributed by atoms with Crippen LogP contribution in [0.4, 0.5) is 5.69 Å². The average Bonchev–Trinajstić information content (AvgIpc) is 2.62. The van der Waals surface area contributed by atoms with E-state index < -0.39 is 0 Å². The van der Waals surface area contributed by atoms with E-state index >= 15 is 0 Å². The fourth-order valence-electron chi connectivity index (χ4n) is 2.47. The maximum absolute atomic E-state index is 10.7. The summed E-state index contributed by atoms with van der Waals surface area (Å²) in [5.41, 5.74) is 2.97. The van der Waals surface area contributed by atoms with Crippen LogP contribution in [0.3, 0.4) is 0 Å². The molecule has 0 spiro atoms. The van der Waals surface area contributed by atoms with Gasteiger partial charge in [-0.3, -0.25) is 4.99 Å². The molecule has 0 aromatic heterocycles. The van der Waals surface area contributed by atoms with E-state index in [0.29, 0.717) is 11.3 Å². The molecule has 159 valence electrons. The Morgan fingerprint density at radius 1 is 0.966 bits per heavy atom. The number of phenolic OH excluding ortho intramolecular Hbond substituents is 2. The van der Waals surface area contributed by atoms with Gasteiger partial charge in [-0.15, -0.1) is 0 Å². The molecule has 6 heteroatoms. The van der Waals surface area contributed by atoms with Crippen LogP contribution in [0.15, 0.2) is 41.4 Å². The third-order valence-corrected chi connectivity index (χ3v) is 4.04. The summed E-state index contributed by atoms with van der Waals surface area (Å²) in [6, 6.07) is 10.9. The summed E-state index contributed by atoms with van der Waals surface area (Å²) in [7, 11) is 0. The number of phenols is 2. The van der Waals surface area contributed by atoms with Crippen LogP contribution in [0.5, 0.6) is 11.5 Å². The Kier molecular flexibility index (Phi) is 11.1. The van der Waals surface area contributed by atoms with E-state index in [2.05, 4.69) is 52.6 Å². The molecule has 2 aromatic rings. The number of aliphatic hydroxyl groups excluding tert-OH is 1. The molecule has 2 rings (SSSR count). The number of hydrogen-bond donors (Lipinski definition) is 3. The molecule has 3 N–H and O–H groups in total. The quantitative estimate of drug-likeness (QED) is 0.554. The molecule has 0 aliphatic carbocycles. The van der Waals surface area contributed by atoms with Gasteiger partial charge in [0.1, 0.15) is 17.2 Å². The number of aliphatic imine (C=N–C) groups is 1. The Morgan fingerprint density at radius 3 is 1.93 bits per heavy atom. The van der Waals surface area contributed by atoms with Crippen molar-refractivity contribution >= 4 is 11.9 Å². The van der Waals surface area contributed by atoms with Crippen molar-refractivity contribution in [2.45, 2.75) is 59.3 Å². The van der Waals surface area contributed by atoms with Crippen molar-refractivity contribution in [1.82, 2.24) is 0 Å². The molecular weight excluding hydrogens is 405 g/mol. The van der Waals surface area contributed by atoms with Crippen LogP contribution < -0.4 is 0 Å². The van der Waals surface area contributed by atoms with E-state index in [-0.39, 0.29) is 28.9 Å². The van der Waals surface area contributed by atoms with E-state index in [1.54, 1.807) is 31.3 Å². The zero-order valence-corrected chi connectivity index (χ0v) is 19.8. The van der Waals surface area contributed by atoms with Crippen molar-refractivity contribution in [3.8, 4) is 11.5 Å². The number of nitrogens with zero attached hydrogens (tertiary/aromatic N) is 1. The van der Waals surface area contributed by atoms with Gasteiger partial charge in [-0.1, -0.05) is 59.7 Å².